The minimum atomic E-state index is -0.465. The average molecular weight is 277 g/mol. The molecule has 4 N–H and O–H groups in total. The first-order valence-electron chi connectivity index (χ1n) is 5.63. The van der Waals surface area contributed by atoms with Crippen molar-refractivity contribution in [1.29, 1.82) is 0 Å². The van der Waals surface area contributed by atoms with Gasteiger partial charge in [0.2, 0.25) is 5.91 Å². The van der Waals surface area contributed by atoms with Crippen LogP contribution in [0, 0.1) is 0 Å². The summed E-state index contributed by atoms with van der Waals surface area (Å²) in [5.74, 6) is 0.172. The van der Waals surface area contributed by atoms with Gasteiger partial charge in [-0.05, 0) is 36.4 Å². The predicted octanol–water partition coefficient (Wildman–Crippen LogP) is 2.60. The molecule has 0 atom stereocenters. The van der Waals surface area contributed by atoms with Gasteiger partial charge in [0.15, 0.2) is 0 Å². The molecule has 0 heterocycles. The van der Waals surface area contributed by atoms with Crippen molar-refractivity contribution in [3.63, 3.8) is 0 Å². The molecular formula is C14H13ClN2O2. The number of anilines is 1. The van der Waals surface area contributed by atoms with Gasteiger partial charge in [0.25, 0.3) is 0 Å². The summed E-state index contributed by atoms with van der Waals surface area (Å²) in [6, 6.07) is 11.9. The van der Waals surface area contributed by atoms with Crippen molar-refractivity contribution in [2.75, 3.05) is 5.73 Å². The number of hydrogen-bond acceptors (Lipinski definition) is 3. The van der Waals surface area contributed by atoms with E-state index in [0.29, 0.717) is 28.6 Å². The quantitative estimate of drug-likeness (QED) is 0.843. The summed E-state index contributed by atoms with van der Waals surface area (Å²) >= 11 is 6.04. The second-order valence-corrected chi connectivity index (χ2v) is 4.44. The molecule has 1 amide bonds. The molecule has 19 heavy (non-hydrogen) atoms. The lowest BCUT2D eigenvalue weighted by atomic mass is 10.2. The van der Waals surface area contributed by atoms with Crippen LogP contribution in [0.1, 0.15) is 15.9 Å². The maximum Gasteiger partial charge on any atom is 0.248 e. The fourth-order valence-electron chi connectivity index (χ4n) is 1.56. The Morgan fingerprint density at radius 2 is 1.84 bits per heavy atom. The zero-order valence-corrected chi connectivity index (χ0v) is 10.9. The summed E-state index contributed by atoms with van der Waals surface area (Å²) in [7, 11) is 0. The van der Waals surface area contributed by atoms with E-state index in [1.807, 2.05) is 6.07 Å². The first-order chi connectivity index (χ1) is 9.06. The summed E-state index contributed by atoms with van der Waals surface area (Å²) in [6.45, 7) is 0.328. The topological polar surface area (TPSA) is 78.3 Å². The van der Waals surface area contributed by atoms with Gasteiger partial charge in [-0.2, -0.15) is 0 Å². The molecular weight excluding hydrogens is 264 g/mol. The molecule has 0 aliphatic heterocycles. The molecule has 0 spiro atoms. The molecule has 0 saturated carbocycles. The minimum Gasteiger partial charge on any atom is -0.489 e. The summed E-state index contributed by atoms with van der Waals surface area (Å²) in [5, 5.41) is 0.564. The number of primary amides is 1. The van der Waals surface area contributed by atoms with Crippen molar-refractivity contribution < 1.29 is 9.53 Å². The van der Waals surface area contributed by atoms with Crippen molar-refractivity contribution in [3.05, 3.63) is 58.6 Å². The molecule has 0 aliphatic rings. The van der Waals surface area contributed by atoms with Crippen LogP contribution in [-0.2, 0) is 6.61 Å². The lowest BCUT2D eigenvalue weighted by Gasteiger charge is -2.08. The molecule has 0 saturated heterocycles. The number of rotatable bonds is 4. The number of benzene rings is 2. The lowest BCUT2D eigenvalue weighted by molar-refractivity contribution is 0.100. The van der Waals surface area contributed by atoms with E-state index in [1.54, 1.807) is 36.4 Å². The van der Waals surface area contributed by atoms with Crippen LogP contribution < -0.4 is 16.2 Å². The molecule has 0 aliphatic carbocycles. The third-order valence-electron chi connectivity index (χ3n) is 2.61. The van der Waals surface area contributed by atoms with Gasteiger partial charge in [-0.15, -0.1) is 0 Å². The number of amides is 1. The van der Waals surface area contributed by atoms with E-state index < -0.39 is 5.91 Å². The van der Waals surface area contributed by atoms with Crippen LogP contribution in [0.2, 0.25) is 5.02 Å². The van der Waals surface area contributed by atoms with E-state index in [4.69, 9.17) is 27.8 Å². The Morgan fingerprint density at radius 3 is 2.42 bits per heavy atom. The van der Waals surface area contributed by atoms with Gasteiger partial charge >= 0.3 is 0 Å². The molecule has 2 aromatic carbocycles. The van der Waals surface area contributed by atoms with Gasteiger partial charge < -0.3 is 16.2 Å². The first-order valence-corrected chi connectivity index (χ1v) is 6.00. The fourth-order valence-corrected chi connectivity index (χ4v) is 1.80. The van der Waals surface area contributed by atoms with E-state index in [0.717, 1.165) is 5.56 Å². The number of ether oxygens (including phenoxy) is 1. The van der Waals surface area contributed by atoms with E-state index in [-0.39, 0.29) is 0 Å². The Labute approximate surface area is 115 Å². The highest BCUT2D eigenvalue weighted by Gasteiger charge is 2.03. The Hall–Kier alpha value is -2.20. The van der Waals surface area contributed by atoms with Crippen molar-refractivity contribution in [3.8, 4) is 5.75 Å². The van der Waals surface area contributed by atoms with Gasteiger partial charge in [-0.3, -0.25) is 4.79 Å². The molecule has 0 bridgehead atoms. The molecule has 98 valence electrons. The second-order valence-electron chi connectivity index (χ2n) is 4.03. The molecule has 2 rings (SSSR count). The Bertz CT molecular complexity index is 597. The number of carbonyl (C=O) groups is 1. The minimum absolute atomic E-state index is 0.328. The number of halogens is 1. The lowest BCUT2D eigenvalue weighted by Crippen LogP contribution is -2.10. The summed E-state index contributed by atoms with van der Waals surface area (Å²) in [5.41, 5.74) is 12.7. The summed E-state index contributed by atoms with van der Waals surface area (Å²) < 4.78 is 5.57. The summed E-state index contributed by atoms with van der Waals surface area (Å²) in [6.07, 6.45) is 0. The van der Waals surface area contributed by atoms with Crippen LogP contribution in [0.15, 0.2) is 42.5 Å². The zero-order valence-electron chi connectivity index (χ0n) is 10.1. The zero-order chi connectivity index (χ0) is 13.8. The number of nitrogens with two attached hydrogens (primary N) is 2. The number of carbonyl (C=O) groups excluding carboxylic acids is 1. The van der Waals surface area contributed by atoms with Crippen molar-refractivity contribution >= 4 is 23.2 Å². The highest BCUT2D eigenvalue weighted by atomic mass is 35.5. The molecule has 0 aromatic heterocycles. The van der Waals surface area contributed by atoms with E-state index in [2.05, 4.69) is 0 Å². The van der Waals surface area contributed by atoms with Crippen LogP contribution in [0.4, 0.5) is 5.69 Å². The third-order valence-corrected chi connectivity index (χ3v) is 2.96. The number of nitrogen functional groups attached to an aromatic ring is 1. The van der Waals surface area contributed by atoms with Gasteiger partial charge in [0, 0.05) is 21.8 Å². The average Bonchev–Trinajstić information content (AvgIpc) is 2.38. The highest BCUT2D eigenvalue weighted by molar-refractivity contribution is 6.31. The second kappa shape index (κ2) is 5.63. The van der Waals surface area contributed by atoms with E-state index in [9.17, 15) is 4.79 Å². The Morgan fingerprint density at radius 1 is 1.16 bits per heavy atom. The first kappa shape index (κ1) is 13.2. The van der Waals surface area contributed by atoms with Crippen molar-refractivity contribution in [2.45, 2.75) is 6.61 Å². The molecule has 0 fully saturated rings. The Balaban J connectivity index is 2.04. The van der Waals surface area contributed by atoms with Crippen LogP contribution in [-0.4, -0.2) is 5.91 Å². The Kier molecular flexibility index (Phi) is 3.92. The summed E-state index contributed by atoms with van der Waals surface area (Å²) in [4.78, 5) is 10.9. The SMILES string of the molecule is NC(=O)c1ccc(OCc2ccc(N)cc2Cl)cc1. The third kappa shape index (κ3) is 3.39. The highest BCUT2D eigenvalue weighted by Crippen LogP contribution is 2.21. The number of hydrogen-bond donors (Lipinski definition) is 2. The maximum atomic E-state index is 10.9. The van der Waals surface area contributed by atoms with Crippen LogP contribution in [0.5, 0.6) is 5.75 Å². The van der Waals surface area contributed by atoms with E-state index in [1.165, 1.54) is 0 Å². The molecule has 5 heteroatoms. The standard InChI is InChI=1S/C14H13ClN2O2/c15-13-7-11(16)4-1-10(13)8-19-12-5-2-9(3-6-12)14(17)18/h1-7H,8,16H2,(H2,17,18). The molecule has 0 radical (unpaired) electrons. The van der Waals surface area contributed by atoms with Crippen molar-refractivity contribution in [1.82, 2.24) is 0 Å². The molecule has 4 nitrogen and oxygen atoms in total. The fraction of sp³-hybridized carbons (Fsp3) is 0.0714. The smallest absolute Gasteiger partial charge is 0.248 e. The van der Waals surface area contributed by atoms with E-state index >= 15 is 0 Å². The predicted molar refractivity (Wildman–Crippen MR) is 75.2 cm³/mol. The monoisotopic (exact) mass is 276 g/mol. The van der Waals surface area contributed by atoms with Crippen LogP contribution in [0.3, 0.4) is 0 Å². The molecule has 0 unspecified atom stereocenters. The normalized spacial score (nSPS) is 10.2. The largest absolute Gasteiger partial charge is 0.489 e. The van der Waals surface area contributed by atoms with Gasteiger partial charge in [-0.25, -0.2) is 0 Å². The van der Waals surface area contributed by atoms with Gasteiger partial charge in [0.1, 0.15) is 12.4 Å². The van der Waals surface area contributed by atoms with Crippen LogP contribution >= 0.6 is 11.6 Å². The van der Waals surface area contributed by atoms with Crippen LogP contribution in [0.25, 0.3) is 0 Å². The molecule has 2 aromatic rings. The van der Waals surface area contributed by atoms with Gasteiger partial charge in [-0.1, -0.05) is 17.7 Å². The van der Waals surface area contributed by atoms with Crippen molar-refractivity contribution in [2.24, 2.45) is 5.73 Å². The maximum absolute atomic E-state index is 10.9. The van der Waals surface area contributed by atoms with Gasteiger partial charge in [0.05, 0.1) is 0 Å².